The smallest absolute Gasteiger partial charge is 0.225 e. The summed E-state index contributed by atoms with van der Waals surface area (Å²) in [6, 6.07) is 0.304. The minimum Gasteiger partial charge on any atom is -0.381 e. The summed E-state index contributed by atoms with van der Waals surface area (Å²) in [5.41, 5.74) is 6.11. The van der Waals surface area contributed by atoms with Crippen molar-refractivity contribution in [2.24, 2.45) is 11.7 Å². The van der Waals surface area contributed by atoms with Crippen molar-refractivity contribution in [1.82, 2.24) is 5.32 Å². The molecule has 2 rings (SSSR count). The molecule has 0 radical (unpaired) electrons. The molecule has 0 aromatic heterocycles. The van der Waals surface area contributed by atoms with Crippen LogP contribution < -0.4 is 11.1 Å². The van der Waals surface area contributed by atoms with Crippen molar-refractivity contribution >= 4 is 5.91 Å². The zero-order chi connectivity index (χ0) is 12.1. The number of carbonyl (C=O) groups excluding carboxylic acids is 1. The summed E-state index contributed by atoms with van der Waals surface area (Å²) in [6.45, 7) is 1.38. The van der Waals surface area contributed by atoms with Gasteiger partial charge in [0.25, 0.3) is 0 Å². The summed E-state index contributed by atoms with van der Waals surface area (Å²) in [5.74, 6) is 0.186. The molecule has 3 unspecified atom stereocenters. The molecule has 0 bridgehead atoms. The fourth-order valence-corrected chi connectivity index (χ4v) is 2.76. The molecule has 1 amide bonds. The maximum Gasteiger partial charge on any atom is 0.225 e. The number of carbonyl (C=O) groups is 1. The molecule has 1 aliphatic carbocycles. The van der Waals surface area contributed by atoms with E-state index in [1.54, 1.807) is 0 Å². The Morgan fingerprint density at radius 2 is 1.94 bits per heavy atom. The normalized spacial score (nSPS) is 35.0. The first-order valence-corrected chi connectivity index (χ1v) is 6.91. The highest BCUT2D eigenvalue weighted by atomic mass is 16.5. The summed E-state index contributed by atoms with van der Waals surface area (Å²) in [6.07, 6.45) is 7.63. The summed E-state index contributed by atoms with van der Waals surface area (Å²) < 4.78 is 5.35. The Kier molecular flexibility index (Phi) is 4.80. The van der Waals surface area contributed by atoms with E-state index >= 15 is 0 Å². The van der Waals surface area contributed by atoms with Gasteiger partial charge in [0, 0.05) is 18.7 Å². The van der Waals surface area contributed by atoms with Gasteiger partial charge in [0.15, 0.2) is 0 Å². The Balaban J connectivity index is 1.83. The van der Waals surface area contributed by atoms with E-state index in [9.17, 15) is 4.79 Å². The number of hydrogen-bond donors (Lipinski definition) is 2. The third kappa shape index (κ3) is 3.68. The van der Waals surface area contributed by atoms with E-state index in [1.165, 1.54) is 19.3 Å². The molecule has 0 aromatic rings. The van der Waals surface area contributed by atoms with E-state index in [4.69, 9.17) is 10.5 Å². The van der Waals surface area contributed by atoms with Crippen molar-refractivity contribution in [2.45, 2.75) is 57.0 Å². The maximum atomic E-state index is 12.1. The molecule has 1 saturated heterocycles. The Morgan fingerprint density at radius 1 is 1.12 bits per heavy atom. The van der Waals surface area contributed by atoms with E-state index in [0.29, 0.717) is 6.61 Å². The summed E-state index contributed by atoms with van der Waals surface area (Å²) >= 11 is 0. The van der Waals surface area contributed by atoms with E-state index in [1.807, 2.05) is 0 Å². The first-order chi connectivity index (χ1) is 8.27. The average molecular weight is 240 g/mol. The monoisotopic (exact) mass is 240 g/mol. The second-order valence-electron chi connectivity index (χ2n) is 5.33. The number of nitrogens with two attached hydrogens (primary N) is 1. The molecule has 4 heteroatoms. The molecule has 3 atom stereocenters. The van der Waals surface area contributed by atoms with Gasteiger partial charge in [-0.1, -0.05) is 19.3 Å². The first kappa shape index (κ1) is 12.8. The molecular weight excluding hydrogens is 216 g/mol. The Labute approximate surface area is 103 Å². The molecular formula is C13H24N2O2. The predicted molar refractivity (Wildman–Crippen MR) is 66.5 cm³/mol. The summed E-state index contributed by atoms with van der Waals surface area (Å²) in [4.78, 5) is 12.1. The molecule has 4 nitrogen and oxygen atoms in total. The molecule has 0 aromatic carbocycles. The SMILES string of the molecule is NC1CCCCCC1NC(=O)C1CCCOC1. The van der Waals surface area contributed by atoms with E-state index in [0.717, 1.165) is 32.3 Å². The van der Waals surface area contributed by atoms with Gasteiger partial charge in [-0.15, -0.1) is 0 Å². The lowest BCUT2D eigenvalue weighted by atomic mass is 9.98. The van der Waals surface area contributed by atoms with Gasteiger partial charge in [0.2, 0.25) is 5.91 Å². The van der Waals surface area contributed by atoms with Crippen LogP contribution >= 0.6 is 0 Å². The van der Waals surface area contributed by atoms with Crippen LogP contribution in [0.3, 0.4) is 0 Å². The third-order valence-corrected chi connectivity index (χ3v) is 3.93. The molecule has 1 heterocycles. The second-order valence-corrected chi connectivity index (χ2v) is 5.33. The van der Waals surface area contributed by atoms with Gasteiger partial charge in [0.1, 0.15) is 0 Å². The minimum atomic E-state index is 0.0409. The topological polar surface area (TPSA) is 64.3 Å². The number of nitrogens with one attached hydrogen (secondary N) is 1. The summed E-state index contributed by atoms with van der Waals surface area (Å²) in [5, 5.41) is 3.13. The minimum absolute atomic E-state index is 0.0409. The number of ether oxygens (including phenoxy) is 1. The van der Waals surface area contributed by atoms with E-state index < -0.39 is 0 Å². The second kappa shape index (κ2) is 6.36. The molecule has 17 heavy (non-hydrogen) atoms. The van der Waals surface area contributed by atoms with Gasteiger partial charge in [-0.3, -0.25) is 4.79 Å². The zero-order valence-electron chi connectivity index (χ0n) is 10.5. The van der Waals surface area contributed by atoms with Crippen LogP contribution in [0.25, 0.3) is 0 Å². The van der Waals surface area contributed by atoms with Crippen molar-refractivity contribution in [3.8, 4) is 0 Å². The highest BCUT2D eigenvalue weighted by Gasteiger charge is 2.27. The quantitative estimate of drug-likeness (QED) is 0.713. The lowest BCUT2D eigenvalue weighted by Gasteiger charge is -2.27. The van der Waals surface area contributed by atoms with Crippen LogP contribution in [0.5, 0.6) is 0 Å². The number of hydrogen-bond acceptors (Lipinski definition) is 3. The standard InChI is InChI=1S/C13H24N2O2/c14-11-6-2-1-3-7-12(11)15-13(16)10-5-4-8-17-9-10/h10-12H,1-9,14H2,(H,15,16). The van der Waals surface area contributed by atoms with Crippen LogP contribution in [0, 0.1) is 5.92 Å². The Morgan fingerprint density at radius 3 is 2.71 bits per heavy atom. The van der Waals surface area contributed by atoms with Crippen molar-refractivity contribution < 1.29 is 9.53 Å². The van der Waals surface area contributed by atoms with Crippen LogP contribution in [0.15, 0.2) is 0 Å². The van der Waals surface area contributed by atoms with Crippen molar-refractivity contribution in [3.63, 3.8) is 0 Å². The molecule has 1 saturated carbocycles. The van der Waals surface area contributed by atoms with Gasteiger partial charge < -0.3 is 15.8 Å². The molecule has 98 valence electrons. The van der Waals surface area contributed by atoms with Crippen LogP contribution in [0.1, 0.15) is 44.9 Å². The van der Waals surface area contributed by atoms with Crippen molar-refractivity contribution in [3.05, 3.63) is 0 Å². The average Bonchev–Trinajstić information content (AvgIpc) is 2.56. The highest BCUT2D eigenvalue weighted by molar-refractivity contribution is 5.79. The Hall–Kier alpha value is -0.610. The van der Waals surface area contributed by atoms with Gasteiger partial charge in [-0.2, -0.15) is 0 Å². The van der Waals surface area contributed by atoms with E-state index in [-0.39, 0.29) is 23.9 Å². The van der Waals surface area contributed by atoms with Crippen molar-refractivity contribution in [2.75, 3.05) is 13.2 Å². The van der Waals surface area contributed by atoms with Crippen molar-refractivity contribution in [1.29, 1.82) is 0 Å². The van der Waals surface area contributed by atoms with Gasteiger partial charge in [-0.05, 0) is 25.7 Å². The molecule has 1 aliphatic heterocycles. The third-order valence-electron chi connectivity index (χ3n) is 3.93. The van der Waals surface area contributed by atoms with Crippen LogP contribution in [-0.4, -0.2) is 31.2 Å². The molecule has 2 fully saturated rings. The highest BCUT2D eigenvalue weighted by Crippen LogP contribution is 2.19. The lowest BCUT2D eigenvalue weighted by molar-refractivity contribution is -0.129. The van der Waals surface area contributed by atoms with Crippen LogP contribution in [0.4, 0.5) is 0 Å². The fraction of sp³-hybridized carbons (Fsp3) is 0.923. The fourth-order valence-electron chi connectivity index (χ4n) is 2.76. The van der Waals surface area contributed by atoms with Gasteiger partial charge >= 0.3 is 0 Å². The summed E-state index contributed by atoms with van der Waals surface area (Å²) in [7, 11) is 0. The molecule has 0 spiro atoms. The predicted octanol–water partition coefficient (Wildman–Crippen LogP) is 1.19. The van der Waals surface area contributed by atoms with Crippen LogP contribution in [0.2, 0.25) is 0 Å². The Bertz CT molecular complexity index is 252. The largest absolute Gasteiger partial charge is 0.381 e. The number of rotatable bonds is 2. The maximum absolute atomic E-state index is 12.1. The first-order valence-electron chi connectivity index (χ1n) is 6.91. The lowest BCUT2D eigenvalue weighted by Crippen LogP contribution is -2.49. The van der Waals surface area contributed by atoms with Gasteiger partial charge in [-0.25, -0.2) is 0 Å². The molecule has 2 aliphatic rings. The van der Waals surface area contributed by atoms with Gasteiger partial charge in [0.05, 0.1) is 12.5 Å². The van der Waals surface area contributed by atoms with Crippen LogP contribution in [-0.2, 0) is 9.53 Å². The molecule has 3 N–H and O–H groups in total. The number of amides is 1. The zero-order valence-corrected chi connectivity index (χ0v) is 10.5. The van der Waals surface area contributed by atoms with E-state index in [2.05, 4.69) is 5.32 Å².